The van der Waals surface area contributed by atoms with Crippen molar-refractivity contribution in [1.82, 2.24) is 10.3 Å². The van der Waals surface area contributed by atoms with Crippen LogP contribution in [-0.2, 0) is 0 Å². The quantitative estimate of drug-likeness (QED) is 0.688. The van der Waals surface area contributed by atoms with E-state index >= 15 is 0 Å². The van der Waals surface area contributed by atoms with E-state index in [9.17, 15) is 14.0 Å². The first-order valence-electron chi connectivity index (χ1n) is 8.06. The normalized spacial score (nSPS) is 12.0. The summed E-state index contributed by atoms with van der Waals surface area (Å²) in [5.74, 6) is -1.06. The van der Waals surface area contributed by atoms with Crippen LogP contribution in [0, 0.1) is 12.7 Å². The van der Waals surface area contributed by atoms with Crippen LogP contribution in [-0.4, -0.2) is 22.0 Å². The van der Waals surface area contributed by atoms with Gasteiger partial charge in [-0.25, -0.2) is 9.18 Å². The summed E-state index contributed by atoms with van der Waals surface area (Å²) in [6.45, 7) is 3.16. The Bertz CT molecular complexity index is 1010. The molecule has 0 aliphatic heterocycles. The zero-order valence-corrected chi connectivity index (χ0v) is 14.3. The summed E-state index contributed by atoms with van der Waals surface area (Å²) in [7, 11) is 0. The number of hydrogen-bond donors (Lipinski definition) is 2. The van der Waals surface area contributed by atoms with Crippen molar-refractivity contribution in [2.75, 3.05) is 0 Å². The number of carbonyl (C=O) groups excluding carboxylic acids is 1. The molecule has 3 rings (SSSR count). The van der Waals surface area contributed by atoms with Gasteiger partial charge in [-0.1, -0.05) is 24.3 Å². The highest BCUT2D eigenvalue weighted by Gasteiger charge is 2.21. The first-order chi connectivity index (χ1) is 12.4. The summed E-state index contributed by atoms with van der Waals surface area (Å²) < 4.78 is 14.9. The van der Waals surface area contributed by atoms with Gasteiger partial charge in [-0.05, 0) is 42.5 Å². The van der Waals surface area contributed by atoms with Crippen molar-refractivity contribution >= 4 is 22.6 Å². The molecule has 1 aromatic heterocycles. The van der Waals surface area contributed by atoms with Gasteiger partial charge in [-0.3, -0.25) is 9.78 Å². The number of benzene rings is 2. The van der Waals surface area contributed by atoms with Gasteiger partial charge in [0.25, 0.3) is 0 Å². The lowest BCUT2D eigenvalue weighted by Gasteiger charge is -2.17. The topological polar surface area (TPSA) is 79.3 Å². The van der Waals surface area contributed by atoms with Crippen molar-refractivity contribution in [3.63, 3.8) is 0 Å². The highest BCUT2D eigenvalue weighted by molar-refractivity contribution is 6.16. The molecular weight excluding hydrogens is 335 g/mol. The molecule has 0 fully saturated rings. The number of nitrogens with one attached hydrogen (secondary N) is 1. The first-order valence-corrected chi connectivity index (χ1v) is 8.06. The van der Waals surface area contributed by atoms with Gasteiger partial charge in [0.2, 0.25) is 0 Å². The number of pyridine rings is 1. The van der Waals surface area contributed by atoms with E-state index in [2.05, 4.69) is 10.3 Å². The third-order valence-corrected chi connectivity index (χ3v) is 4.40. The molecule has 6 heteroatoms. The zero-order chi connectivity index (χ0) is 18.8. The molecule has 0 radical (unpaired) electrons. The fraction of sp³-hybridized carbons (Fsp3) is 0.150. The van der Waals surface area contributed by atoms with Gasteiger partial charge in [0, 0.05) is 23.3 Å². The zero-order valence-electron chi connectivity index (χ0n) is 14.3. The Morgan fingerprint density at radius 1 is 1.15 bits per heavy atom. The van der Waals surface area contributed by atoms with Gasteiger partial charge >= 0.3 is 6.09 Å². The molecule has 1 heterocycles. The minimum atomic E-state index is -1.19. The van der Waals surface area contributed by atoms with Crippen LogP contribution in [0.25, 0.3) is 10.8 Å². The predicted molar refractivity (Wildman–Crippen MR) is 95.9 cm³/mol. The summed E-state index contributed by atoms with van der Waals surface area (Å²) in [6.07, 6.45) is 2.04. The Labute approximate surface area is 149 Å². The Kier molecular flexibility index (Phi) is 4.67. The number of amides is 1. The standard InChI is InChI=1S/C20H17FN2O3/c1-11-14(12(2)23-20(25)26)6-7-17(18(11)21)19(24)16-5-3-4-13-10-22-9-8-15(13)16/h3-10,12,23H,1-2H3,(H,25,26). The molecular formula is C20H17FN2O3. The lowest BCUT2D eigenvalue weighted by atomic mass is 9.93. The number of nitrogens with zero attached hydrogens (tertiary/aromatic N) is 1. The van der Waals surface area contributed by atoms with Crippen LogP contribution in [0.2, 0.25) is 0 Å². The van der Waals surface area contributed by atoms with Gasteiger partial charge in [-0.15, -0.1) is 0 Å². The Morgan fingerprint density at radius 2 is 1.92 bits per heavy atom. The summed E-state index contributed by atoms with van der Waals surface area (Å²) in [5.41, 5.74) is 1.09. The van der Waals surface area contributed by atoms with Crippen LogP contribution in [0.5, 0.6) is 0 Å². The highest BCUT2D eigenvalue weighted by Crippen LogP contribution is 2.26. The van der Waals surface area contributed by atoms with E-state index in [0.717, 1.165) is 5.39 Å². The van der Waals surface area contributed by atoms with Crippen LogP contribution in [0.3, 0.4) is 0 Å². The third kappa shape index (κ3) is 3.13. The monoisotopic (exact) mass is 352 g/mol. The smallest absolute Gasteiger partial charge is 0.405 e. The van der Waals surface area contributed by atoms with Crippen molar-refractivity contribution in [3.05, 3.63) is 76.9 Å². The number of carbonyl (C=O) groups is 2. The summed E-state index contributed by atoms with van der Waals surface area (Å²) in [4.78, 5) is 27.8. The SMILES string of the molecule is Cc1c(C(C)NC(=O)O)ccc(C(=O)c2cccc3cnccc23)c1F. The van der Waals surface area contributed by atoms with Crippen molar-refractivity contribution in [1.29, 1.82) is 0 Å². The minimum Gasteiger partial charge on any atom is -0.465 e. The highest BCUT2D eigenvalue weighted by atomic mass is 19.1. The van der Waals surface area contributed by atoms with Crippen LogP contribution in [0.1, 0.15) is 40.0 Å². The number of rotatable bonds is 4. The molecule has 2 N–H and O–H groups in total. The molecule has 0 aliphatic rings. The van der Waals surface area contributed by atoms with Crippen molar-refractivity contribution < 1.29 is 19.1 Å². The lowest BCUT2D eigenvalue weighted by molar-refractivity contribution is 0.103. The maximum Gasteiger partial charge on any atom is 0.405 e. The van der Waals surface area contributed by atoms with Crippen molar-refractivity contribution in [3.8, 4) is 0 Å². The molecule has 0 saturated heterocycles. The van der Waals surface area contributed by atoms with Crippen LogP contribution in [0.15, 0.2) is 48.8 Å². The van der Waals surface area contributed by atoms with Gasteiger partial charge < -0.3 is 10.4 Å². The number of ketones is 1. The number of hydrogen-bond acceptors (Lipinski definition) is 3. The van der Waals surface area contributed by atoms with E-state index in [-0.39, 0.29) is 11.1 Å². The van der Waals surface area contributed by atoms with E-state index in [1.54, 1.807) is 43.6 Å². The lowest BCUT2D eigenvalue weighted by Crippen LogP contribution is -2.25. The fourth-order valence-electron chi connectivity index (χ4n) is 3.07. The average Bonchev–Trinajstić information content (AvgIpc) is 2.62. The molecule has 26 heavy (non-hydrogen) atoms. The maximum absolute atomic E-state index is 14.9. The summed E-state index contributed by atoms with van der Waals surface area (Å²) in [6, 6.07) is 9.34. The molecule has 0 saturated carbocycles. The van der Waals surface area contributed by atoms with Crippen LogP contribution in [0.4, 0.5) is 9.18 Å². The Hall–Kier alpha value is -3.28. The molecule has 0 spiro atoms. The van der Waals surface area contributed by atoms with Crippen LogP contribution >= 0.6 is 0 Å². The second-order valence-electron chi connectivity index (χ2n) is 6.04. The molecule has 0 aliphatic carbocycles. The van der Waals surface area contributed by atoms with Crippen LogP contribution < -0.4 is 5.32 Å². The van der Waals surface area contributed by atoms with E-state index in [4.69, 9.17) is 5.11 Å². The van der Waals surface area contributed by atoms with Gasteiger partial charge in [0.05, 0.1) is 11.6 Å². The molecule has 132 valence electrons. The number of carboxylic acid groups (broad SMARTS) is 1. The number of aromatic nitrogens is 1. The summed E-state index contributed by atoms with van der Waals surface area (Å²) in [5, 5.41) is 12.6. The maximum atomic E-state index is 14.9. The molecule has 0 bridgehead atoms. The number of halogens is 1. The largest absolute Gasteiger partial charge is 0.465 e. The summed E-state index contributed by atoms with van der Waals surface area (Å²) >= 11 is 0. The second kappa shape index (κ2) is 6.92. The Balaban J connectivity index is 2.05. The van der Waals surface area contributed by atoms with Gasteiger partial charge in [0.1, 0.15) is 5.82 Å². The molecule has 3 aromatic rings. The second-order valence-corrected chi connectivity index (χ2v) is 6.04. The predicted octanol–water partition coefficient (Wildman–Crippen LogP) is 4.24. The molecule has 1 atom stereocenters. The van der Waals surface area contributed by atoms with Crippen molar-refractivity contribution in [2.45, 2.75) is 19.9 Å². The first kappa shape index (κ1) is 17.5. The third-order valence-electron chi connectivity index (χ3n) is 4.40. The molecule has 1 amide bonds. The van der Waals surface area contributed by atoms with E-state index < -0.39 is 23.7 Å². The molecule has 1 unspecified atom stereocenters. The minimum absolute atomic E-state index is 0.0434. The average molecular weight is 352 g/mol. The fourth-order valence-corrected chi connectivity index (χ4v) is 3.07. The van der Waals surface area contributed by atoms with E-state index in [0.29, 0.717) is 16.5 Å². The molecule has 5 nitrogen and oxygen atoms in total. The van der Waals surface area contributed by atoms with Crippen molar-refractivity contribution in [2.24, 2.45) is 0 Å². The molecule has 2 aromatic carbocycles. The van der Waals surface area contributed by atoms with Gasteiger partial charge in [-0.2, -0.15) is 0 Å². The van der Waals surface area contributed by atoms with E-state index in [1.807, 2.05) is 6.07 Å². The number of fused-ring (bicyclic) bond motifs is 1. The van der Waals surface area contributed by atoms with Gasteiger partial charge in [0.15, 0.2) is 5.78 Å². The Morgan fingerprint density at radius 3 is 2.65 bits per heavy atom. The van der Waals surface area contributed by atoms with E-state index in [1.165, 1.54) is 13.0 Å².